The van der Waals surface area contributed by atoms with Crippen molar-refractivity contribution in [3.05, 3.63) is 11.6 Å². The minimum atomic E-state index is -0.717. The molecule has 3 aliphatic carbocycles. The van der Waals surface area contributed by atoms with Crippen LogP contribution in [0.25, 0.3) is 0 Å². The van der Waals surface area contributed by atoms with Gasteiger partial charge in [0.15, 0.2) is 5.96 Å². The Morgan fingerprint density at radius 1 is 1.35 bits per heavy atom. The van der Waals surface area contributed by atoms with Crippen molar-refractivity contribution >= 4 is 11.9 Å². The van der Waals surface area contributed by atoms with Crippen molar-refractivity contribution in [3.63, 3.8) is 0 Å². The third-order valence-corrected chi connectivity index (χ3v) is 6.15. The summed E-state index contributed by atoms with van der Waals surface area (Å²) in [6, 6.07) is 0. The van der Waals surface area contributed by atoms with Gasteiger partial charge in [-0.3, -0.25) is 15.1 Å². The maximum atomic E-state index is 12.8. The van der Waals surface area contributed by atoms with Gasteiger partial charge in [-0.1, -0.05) is 38.2 Å². The third-order valence-electron chi connectivity index (χ3n) is 6.15. The van der Waals surface area contributed by atoms with Gasteiger partial charge < -0.3 is 10.1 Å². The maximum absolute atomic E-state index is 12.8. The number of nitrogens with one attached hydrogen (secondary N) is 2. The zero-order valence-electron chi connectivity index (χ0n) is 13.9. The van der Waals surface area contributed by atoms with Crippen molar-refractivity contribution in [2.45, 2.75) is 63.0 Å². The predicted molar refractivity (Wildman–Crippen MR) is 88.1 cm³/mol. The van der Waals surface area contributed by atoms with Gasteiger partial charge in [0.05, 0.1) is 12.7 Å². The number of hydrogen-bond acceptors (Lipinski definition) is 3. The molecule has 3 fully saturated rings. The number of fused-ring (bicyclic) bond motifs is 1. The topological polar surface area (TPSA) is 65.4 Å². The highest BCUT2D eigenvalue weighted by Gasteiger charge is 2.53. The van der Waals surface area contributed by atoms with Crippen LogP contribution in [0.15, 0.2) is 11.6 Å². The van der Waals surface area contributed by atoms with Crippen LogP contribution >= 0.6 is 0 Å². The number of carbonyl (C=O) groups is 1. The lowest BCUT2D eigenvalue weighted by atomic mass is 9.79. The molecule has 5 heteroatoms. The van der Waals surface area contributed by atoms with Gasteiger partial charge in [-0.25, -0.2) is 0 Å². The van der Waals surface area contributed by atoms with Gasteiger partial charge in [-0.05, 0) is 30.8 Å². The molecule has 4 aliphatic rings. The smallest absolute Gasteiger partial charge is 0.257 e. The molecule has 126 valence electrons. The van der Waals surface area contributed by atoms with Crippen LogP contribution in [0.3, 0.4) is 0 Å². The Labute approximate surface area is 138 Å². The van der Waals surface area contributed by atoms with Gasteiger partial charge in [0, 0.05) is 13.0 Å². The zero-order valence-corrected chi connectivity index (χ0v) is 13.9. The molecule has 5 nitrogen and oxygen atoms in total. The molecule has 4 rings (SSSR count). The summed E-state index contributed by atoms with van der Waals surface area (Å²) in [5.41, 5.74) is 0.720. The average Bonchev–Trinajstić information content (AvgIpc) is 2.89. The second kappa shape index (κ2) is 5.62. The molecule has 1 aliphatic heterocycles. The van der Waals surface area contributed by atoms with Crippen molar-refractivity contribution in [2.75, 3.05) is 13.7 Å². The number of carbonyl (C=O) groups excluding carboxylic acids is 1. The molecule has 0 aromatic heterocycles. The summed E-state index contributed by atoms with van der Waals surface area (Å²) in [5, 5.41) is 11.2. The molecule has 0 bridgehead atoms. The fourth-order valence-corrected chi connectivity index (χ4v) is 4.74. The van der Waals surface area contributed by atoms with Crippen LogP contribution in [-0.2, 0) is 9.53 Å². The third kappa shape index (κ3) is 2.59. The van der Waals surface area contributed by atoms with Gasteiger partial charge in [0.25, 0.3) is 5.91 Å². The van der Waals surface area contributed by atoms with Crippen LogP contribution in [0.4, 0.5) is 0 Å². The van der Waals surface area contributed by atoms with Gasteiger partial charge >= 0.3 is 0 Å². The van der Waals surface area contributed by atoms with Crippen LogP contribution in [0, 0.1) is 17.2 Å². The van der Waals surface area contributed by atoms with E-state index < -0.39 is 5.54 Å². The number of rotatable bonds is 5. The highest BCUT2D eigenvalue weighted by atomic mass is 16.5. The first-order valence-corrected chi connectivity index (χ1v) is 9.07. The normalized spacial score (nSPS) is 36.9. The first kappa shape index (κ1) is 15.2. The van der Waals surface area contributed by atoms with Gasteiger partial charge in [-0.15, -0.1) is 0 Å². The number of ether oxygens (including phenoxy) is 1. The summed E-state index contributed by atoms with van der Waals surface area (Å²) in [7, 11) is 1.69. The van der Waals surface area contributed by atoms with E-state index in [1.54, 1.807) is 7.05 Å². The standard InChI is InChI=1S/C18H27N3O2/c1-21-16(22)18(20-17(21)19,10-12-6-3-2-4-7-12)11-23-15-13-8-5-9-14(13)15/h8,12,14-15H,2-7,9-11H2,1H3,(H2,19,20)/t14?,15-,18?/m0/s1. The van der Waals surface area contributed by atoms with E-state index in [0.717, 1.165) is 6.42 Å². The van der Waals surface area contributed by atoms with E-state index in [0.29, 0.717) is 18.4 Å². The summed E-state index contributed by atoms with van der Waals surface area (Å²) in [6.07, 6.45) is 12.0. The number of likely N-dealkylation sites (N-methyl/N-ethyl adjacent to an activating group) is 1. The van der Waals surface area contributed by atoms with E-state index in [4.69, 9.17) is 10.1 Å². The number of guanidine groups is 1. The van der Waals surface area contributed by atoms with Crippen molar-refractivity contribution in [1.29, 1.82) is 5.41 Å². The SMILES string of the molecule is CN1C(=N)NC(CO[C@H]2C3=CCCC32)(CC2CCCCC2)C1=O. The first-order chi connectivity index (χ1) is 11.1. The fraction of sp³-hybridized carbons (Fsp3) is 0.778. The van der Waals surface area contributed by atoms with Crippen LogP contribution in [0.2, 0.25) is 0 Å². The van der Waals surface area contributed by atoms with E-state index in [2.05, 4.69) is 11.4 Å². The second-order valence-corrected chi connectivity index (χ2v) is 7.75. The van der Waals surface area contributed by atoms with Crippen molar-refractivity contribution in [2.24, 2.45) is 11.8 Å². The molecule has 2 N–H and O–H groups in total. The Hall–Kier alpha value is -1.36. The monoisotopic (exact) mass is 317 g/mol. The highest BCUT2D eigenvalue weighted by molar-refractivity contribution is 6.07. The molecular formula is C18H27N3O2. The predicted octanol–water partition coefficient (Wildman–Crippen LogP) is 2.43. The maximum Gasteiger partial charge on any atom is 0.257 e. The average molecular weight is 317 g/mol. The minimum Gasteiger partial charge on any atom is -0.370 e. The molecule has 0 radical (unpaired) electrons. The van der Waals surface area contributed by atoms with E-state index in [-0.39, 0.29) is 18.0 Å². The van der Waals surface area contributed by atoms with Crippen LogP contribution in [0.1, 0.15) is 51.4 Å². The minimum absolute atomic E-state index is 0.00728. The van der Waals surface area contributed by atoms with Gasteiger partial charge in [0.1, 0.15) is 5.54 Å². The lowest BCUT2D eigenvalue weighted by Gasteiger charge is -2.32. The molecule has 1 heterocycles. The summed E-state index contributed by atoms with van der Waals surface area (Å²) in [4.78, 5) is 14.3. The van der Waals surface area contributed by atoms with E-state index >= 15 is 0 Å². The molecule has 0 aromatic carbocycles. The molecule has 2 unspecified atom stereocenters. The van der Waals surface area contributed by atoms with Gasteiger partial charge in [-0.2, -0.15) is 0 Å². The van der Waals surface area contributed by atoms with Crippen LogP contribution < -0.4 is 5.32 Å². The number of nitrogens with zero attached hydrogens (tertiary/aromatic N) is 1. The molecule has 0 aromatic rings. The van der Waals surface area contributed by atoms with Crippen molar-refractivity contribution < 1.29 is 9.53 Å². The van der Waals surface area contributed by atoms with E-state index in [1.165, 1.54) is 55.4 Å². The number of amides is 1. The molecule has 23 heavy (non-hydrogen) atoms. The van der Waals surface area contributed by atoms with Crippen molar-refractivity contribution in [1.82, 2.24) is 10.2 Å². The second-order valence-electron chi connectivity index (χ2n) is 7.75. The summed E-state index contributed by atoms with van der Waals surface area (Å²) in [6.45, 7) is 0.396. The highest BCUT2D eigenvalue weighted by Crippen LogP contribution is 2.50. The summed E-state index contributed by atoms with van der Waals surface area (Å²) >= 11 is 0. The van der Waals surface area contributed by atoms with E-state index in [9.17, 15) is 4.79 Å². The molecule has 1 amide bonds. The summed E-state index contributed by atoms with van der Waals surface area (Å²) in [5.74, 6) is 1.40. The molecule has 1 saturated heterocycles. The first-order valence-electron chi connectivity index (χ1n) is 9.07. The Bertz CT molecular complexity index is 552. The van der Waals surface area contributed by atoms with Crippen LogP contribution in [-0.4, -0.2) is 42.1 Å². The molecule has 2 saturated carbocycles. The Morgan fingerprint density at radius 2 is 2.13 bits per heavy atom. The number of hydrogen-bond donors (Lipinski definition) is 2. The quantitative estimate of drug-likeness (QED) is 0.765. The Morgan fingerprint density at radius 3 is 2.74 bits per heavy atom. The zero-order chi connectivity index (χ0) is 16.0. The molecule has 0 spiro atoms. The van der Waals surface area contributed by atoms with Crippen molar-refractivity contribution in [3.8, 4) is 0 Å². The molecular weight excluding hydrogens is 290 g/mol. The lowest BCUT2D eigenvalue weighted by Crippen LogP contribution is -2.52. The Balaban J connectivity index is 1.46. The summed E-state index contributed by atoms with van der Waals surface area (Å²) < 4.78 is 6.14. The number of allylic oxidation sites excluding steroid dienone is 1. The largest absolute Gasteiger partial charge is 0.370 e. The fourth-order valence-electron chi connectivity index (χ4n) is 4.74. The van der Waals surface area contributed by atoms with Crippen LogP contribution in [0.5, 0.6) is 0 Å². The lowest BCUT2D eigenvalue weighted by molar-refractivity contribution is -0.133. The Kier molecular flexibility index (Phi) is 3.71. The van der Waals surface area contributed by atoms with Gasteiger partial charge in [0.2, 0.25) is 0 Å². The van der Waals surface area contributed by atoms with E-state index in [1.807, 2.05) is 0 Å². The molecule has 3 atom stereocenters.